The summed E-state index contributed by atoms with van der Waals surface area (Å²) in [6.45, 7) is 3.18. The first-order valence-corrected chi connectivity index (χ1v) is 11.4. The van der Waals surface area contributed by atoms with Gasteiger partial charge in [-0.15, -0.1) is 0 Å². The van der Waals surface area contributed by atoms with E-state index in [1.54, 1.807) is 12.1 Å². The monoisotopic (exact) mass is 499 g/mol. The number of hydrogen-bond donors (Lipinski definition) is 2. The summed E-state index contributed by atoms with van der Waals surface area (Å²) in [6, 6.07) is 10.7. The number of aromatic nitrogens is 1. The minimum absolute atomic E-state index is 0.0721. The molecule has 0 saturated carbocycles. The van der Waals surface area contributed by atoms with Crippen molar-refractivity contribution in [3.05, 3.63) is 82.5 Å². The van der Waals surface area contributed by atoms with E-state index < -0.39 is 23.4 Å². The lowest BCUT2D eigenvalue weighted by Crippen LogP contribution is -2.29. The molecule has 1 aliphatic heterocycles. The van der Waals surface area contributed by atoms with E-state index in [1.807, 2.05) is 11.9 Å². The Kier molecular flexibility index (Phi) is 7.57. The standard InChI is InChI=1S/C25H24ClF2N5O2/c1-32-9-2-10-33(12-11-32)22-7-3-16(13-20(22)28)24(34)30-21-6-5-18(27)14-19(21)25(35)31-23-8-4-17(26)15-29-23/h3-8,13-15H,2,9-12H2,1H3,(H,30,34)(H,29,31,35). The zero-order valence-corrected chi connectivity index (χ0v) is 19.8. The van der Waals surface area contributed by atoms with Crippen molar-refractivity contribution in [2.24, 2.45) is 0 Å². The van der Waals surface area contributed by atoms with Crippen molar-refractivity contribution in [2.45, 2.75) is 6.42 Å². The predicted molar refractivity (Wildman–Crippen MR) is 132 cm³/mol. The van der Waals surface area contributed by atoms with Gasteiger partial charge in [-0.1, -0.05) is 11.6 Å². The first-order chi connectivity index (χ1) is 16.8. The highest BCUT2D eigenvalue weighted by atomic mass is 35.5. The molecule has 2 N–H and O–H groups in total. The summed E-state index contributed by atoms with van der Waals surface area (Å²) in [6.07, 6.45) is 2.27. The molecule has 1 fully saturated rings. The Hall–Kier alpha value is -3.56. The fourth-order valence-corrected chi connectivity index (χ4v) is 3.95. The molecule has 7 nitrogen and oxygen atoms in total. The Morgan fingerprint density at radius 3 is 2.51 bits per heavy atom. The molecule has 0 atom stereocenters. The first kappa shape index (κ1) is 24.6. The average Bonchev–Trinajstić information content (AvgIpc) is 3.05. The van der Waals surface area contributed by atoms with E-state index in [4.69, 9.17) is 11.6 Å². The van der Waals surface area contributed by atoms with Crippen LogP contribution in [0, 0.1) is 11.6 Å². The lowest BCUT2D eigenvalue weighted by Gasteiger charge is -2.23. The van der Waals surface area contributed by atoms with Crippen LogP contribution in [-0.2, 0) is 0 Å². The van der Waals surface area contributed by atoms with Crippen LogP contribution in [0.15, 0.2) is 54.7 Å². The average molecular weight is 500 g/mol. The van der Waals surface area contributed by atoms with Gasteiger partial charge in [-0.3, -0.25) is 9.59 Å². The van der Waals surface area contributed by atoms with Crippen molar-refractivity contribution >= 4 is 40.6 Å². The number of nitrogens with zero attached hydrogens (tertiary/aromatic N) is 3. The van der Waals surface area contributed by atoms with Gasteiger partial charge in [-0.25, -0.2) is 13.8 Å². The Bertz CT molecular complexity index is 1240. The van der Waals surface area contributed by atoms with E-state index in [1.165, 1.54) is 30.5 Å². The van der Waals surface area contributed by atoms with Crippen LogP contribution in [0.4, 0.5) is 26.0 Å². The Balaban J connectivity index is 1.51. The number of likely N-dealkylation sites (N-methyl/N-ethyl adjacent to an activating group) is 1. The lowest BCUT2D eigenvalue weighted by molar-refractivity contribution is 0.102. The highest BCUT2D eigenvalue weighted by Gasteiger charge is 2.20. The zero-order chi connectivity index (χ0) is 24.9. The second kappa shape index (κ2) is 10.8. The molecule has 1 aromatic heterocycles. The van der Waals surface area contributed by atoms with E-state index in [9.17, 15) is 18.4 Å². The third-order valence-corrected chi connectivity index (χ3v) is 5.94. The van der Waals surface area contributed by atoms with Crippen LogP contribution < -0.4 is 15.5 Å². The van der Waals surface area contributed by atoms with Gasteiger partial charge in [0.15, 0.2) is 0 Å². The molecule has 0 spiro atoms. The Morgan fingerprint density at radius 2 is 1.77 bits per heavy atom. The number of halogens is 3. The topological polar surface area (TPSA) is 77.6 Å². The summed E-state index contributed by atoms with van der Waals surface area (Å²) in [4.78, 5) is 33.7. The van der Waals surface area contributed by atoms with Gasteiger partial charge in [-0.05, 0) is 68.5 Å². The van der Waals surface area contributed by atoms with Crippen molar-refractivity contribution in [3.63, 3.8) is 0 Å². The van der Waals surface area contributed by atoms with E-state index >= 15 is 0 Å². The molecule has 2 heterocycles. The normalized spacial score (nSPS) is 14.3. The third-order valence-electron chi connectivity index (χ3n) is 5.71. The summed E-state index contributed by atoms with van der Waals surface area (Å²) in [5.41, 5.74) is 0.478. The fraction of sp³-hybridized carbons (Fsp3) is 0.240. The number of hydrogen-bond acceptors (Lipinski definition) is 5. The number of carbonyl (C=O) groups excluding carboxylic acids is 2. The van der Waals surface area contributed by atoms with Gasteiger partial charge in [0.2, 0.25) is 0 Å². The van der Waals surface area contributed by atoms with E-state index in [-0.39, 0.29) is 22.6 Å². The smallest absolute Gasteiger partial charge is 0.259 e. The van der Waals surface area contributed by atoms with E-state index in [2.05, 4.69) is 20.5 Å². The quantitative estimate of drug-likeness (QED) is 0.534. The van der Waals surface area contributed by atoms with Crippen LogP contribution in [0.25, 0.3) is 0 Å². The molecule has 3 aromatic rings. The molecule has 1 saturated heterocycles. The van der Waals surface area contributed by atoms with Crippen molar-refractivity contribution < 1.29 is 18.4 Å². The molecular weight excluding hydrogens is 476 g/mol. The van der Waals surface area contributed by atoms with Crippen LogP contribution in [0.3, 0.4) is 0 Å². The predicted octanol–water partition coefficient (Wildman–Crippen LogP) is 4.66. The molecule has 35 heavy (non-hydrogen) atoms. The maximum atomic E-state index is 14.9. The summed E-state index contributed by atoms with van der Waals surface area (Å²) in [5.74, 6) is -2.26. The van der Waals surface area contributed by atoms with Gasteiger partial charge in [0.1, 0.15) is 17.5 Å². The van der Waals surface area contributed by atoms with E-state index in [0.717, 1.165) is 38.2 Å². The maximum absolute atomic E-state index is 14.9. The van der Waals surface area contributed by atoms with Crippen molar-refractivity contribution in [1.29, 1.82) is 0 Å². The minimum Gasteiger partial charge on any atom is -0.368 e. The van der Waals surface area contributed by atoms with Crippen molar-refractivity contribution in [2.75, 3.05) is 48.8 Å². The number of nitrogens with one attached hydrogen (secondary N) is 2. The minimum atomic E-state index is -0.678. The van der Waals surface area contributed by atoms with E-state index in [0.29, 0.717) is 17.3 Å². The number of pyridine rings is 1. The summed E-state index contributed by atoms with van der Waals surface area (Å²) >= 11 is 5.80. The molecule has 2 amide bonds. The largest absolute Gasteiger partial charge is 0.368 e. The molecule has 1 aliphatic rings. The first-order valence-electron chi connectivity index (χ1n) is 11.1. The van der Waals surface area contributed by atoms with Gasteiger partial charge in [0, 0.05) is 31.4 Å². The molecule has 0 radical (unpaired) electrons. The second-order valence-corrected chi connectivity index (χ2v) is 8.71. The zero-order valence-electron chi connectivity index (χ0n) is 19.0. The lowest BCUT2D eigenvalue weighted by atomic mass is 10.1. The van der Waals surface area contributed by atoms with Crippen LogP contribution in [0.2, 0.25) is 5.02 Å². The summed E-state index contributed by atoms with van der Waals surface area (Å²) < 4.78 is 28.8. The highest BCUT2D eigenvalue weighted by Crippen LogP contribution is 2.24. The number of carbonyl (C=O) groups is 2. The maximum Gasteiger partial charge on any atom is 0.259 e. The highest BCUT2D eigenvalue weighted by molar-refractivity contribution is 6.30. The fourth-order valence-electron chi connectivity index (χ4n) is 3.83. The molecular formula is C25H24ClF2N5O2. The number of benzene rings is 2. The molecule has 10 heteroatoms. The number of rotatable bonds is 5. The summed E-state index contributed by atoms with van der Waals surface area (Å²) in [5, 5.41) is 5.50. The second-order valence-electron chi connectivity index (χ2n) is 8.27. The van der Waals surface area contributed by atoms with Crippen LogP contribution in [0.5, 0.6) is 0 Å². The molecule has 2 aromatic carbocycles. The SMILES string of the molecule is CN1CCCN(c2ccc(C(=O)Nc3ccc(F)cc3C(=O)Nc3ccc(Cl)cn3)cc2F)CC1. The van der Waals surface area contributed by atoms with Gasteiger partial charge in [-0.2, -0.15) is 0 Å². The molecule has 4 rings (SSSR count). The van der Waals surface area contributed by atoms with Crippen LogP contribution in [0.1, 0.15) is 27.1 Å². The number of anilines is 3. The Morgan fingerprint density at radius 1 is 0.943 bits per heavy atom. The van der Waals surface area contributed by atoms with Crippen molar-refractivity contribution in [1.82, 2.24) is 9.88 Å². The van der Waals surface area contributed by atoms with Gasteiger partial charge < -0.3 is 20.4 Å². The molecule has 0 bridgehead atoms. The molecule has 0 aliphatic carbocycles. The van der Waals surface area contributed by atoms with Gasteiger partial charge >= 0.3 is 0 Å². The van der Waals surface area contributed by atoms with Crippen molar-refractivity contribution in [3.8, 4) is 0 Å². The number of amides is 2. The molecule has 0 unspecified atom stereocenters. The van der Waals surface area contributed by atoms with Crippen LogP contribution >= 0.6 is 11.6 Å². The van der Waals surface area contributed by atoms with Crippen LogP contribution in [-0.4, -0.2) is 54.9 Å². The van der Waals surface area contributed by atoms with Gasteiger partial charge in [0.25, 0.3) is 11.8 Å². The summed E-state index contributed by atoms with van der Waals surface area (Å²) in [7, 11) is 2.03. The third kappa shape index (κ3) is 6.12. The Labute approximate surface area is 206 Å². The van der Waals surface area contributed by atoms with Gasteiger partial charge in [0.05, 0.1) is 22.0 Å². The molecule has 182 valence electrons.